The van der Waals surface area contributed by atoms with Gasteiger partial charge in [-0.3, -0.25) is 9.59 Å². The van der Waals surface area contributed by atoms with Gasteiger partial charge < -0.3 is 10.6 Å². The molecule has 0 bridgehead atoms. The molecular formula is C24H25N3O4S2. The van der Waals surface area contributed by atoms with Crippen LogP contribution in [0.4, 0.5) is 11.4 Å². The van der Waals surface area contributed by atoms with Gasteiger partial charge in [0.05, 0.1) is 9.77 Å². The molecule has 33 heavy (non-hydrogen) atoms. The summed E-state index contributed by atoms with van der Waals surface area (Å²) in [5.74, 6) is -0.634. The first-order chi connectivity index (χ1) is 15.8. The first-order valence-electron chi connectivity index (χ1n) is 10.7. The summed E-state index contributed by atoms with van der Waals surface area (Å²) in [7, 11) is -3.64. The minimum Gasteiger partial charge on any atom is -0.322 e. The standard InChI is InChI=1S/C24H25N3O4S2/c1-17-10-11-20(33(30,31)27-12-3-2-4-13-27)16-21(17)23(28)25-18-7-5-8-19(15-18)26-24(29)22-9-6-14-32-22/h5-11,14-16H,2-4,12-13H2,1H3,(H,25,28)(H,26,29). The highest BCUT2D eigenvalue weighted by molar-refractivity contribution is 7.89. The first-order valence-corrected chi connectivity index (χ1v) is 13.0. The summed E-state index contributed by atoms with van der Waals surface area (Å²) < 4.78 is 27.6. The number of hydrogen-bond acceptors (Lipinski definition) is 5. The SMILES string of the molecule is Cc1ccc(S(=O)(=O)N2CCCCC2)cc1C(=O)Nc1cccc(NC(=O)c2cccs2)c1. The lowest BCUT2D eigenvalue weighted by atomic mass is 10.1. The normalized spacial score (nSPS) is 14.6. The van der Waals surface area contributed by atoms with Crippen LogP contribution in [0.25, 0.3) is 0 Å². The predicted molar refractivity (Wildman–Crippen MR) is 130 cm³/mol. The molecule has 7 nitrogen and oxygen atoms in total. The van der Waals surface area contributed by atoms with Crippen LogP contribution in [0.2, 0.25) is 0 Å². The Hall–Kier alpha value is -3.01. The quantitative estimate of drug-likeness (QED) is 0.530. The maximum Gasteiger partial charge on any atom is 0.265 e. The highest BCUT2D eigenvalue weighted by Gasteiger charge is 2.27. The van der Waals surface area contributed by atoms with E-state index in [1.165, 1.54) is 21.7 Å². The molecule has 2 aromatic carbocycles. The van der Waals surface area contributed by atoms with E-state index in [1.807, 2.05) is 5.38 Å². The average Bonchev–Trinajstić information content (AvgIpc) is 3.35. The van der Waals surface area contributed by atoms with Crippen molar-refractivity contribution in [1.29, 1.82) is 0 Å². The zero-order valence-electron chi connectivity index (χ0n) is 18.2. The van der Waals surface area contributed by atoms with Crippen LogP contribution in [0, 0.1) is 6.92 Å². The molecule has 0 saturated carbocycles. The molecule has 172 valence electrons. The van der Waals surface area contributed by atoms with Crippen LogP contribution < -0.4 is 10.6 Å². The summed E-state index contributed by atoms with van der Waals surface area (Å²) in [4.78, 5) is 26.0. The van der Waals surface area contributed by atoms with Gasteiger partial charge in [0, 0.05) is 30.0 Å². The number of aryl methyl sites for hydroxylation is 1. The second kappa shape index (κ2) is 9.86. The van der Waals surface area contributed by atoms with Crippen molar-refractivity contribution >= 4 is 44.5 Å². The molecule has 2 N–H and O–H groups in total. The van der Waals surface area contributed by atoms with Crippen molar-refractivity contribution in [3.63, 3.8) is 0 Å². The van der Waals surface area contributed by atoms with Gasteiger partial charge in [0.25, 0.3) is 11.8 Å². The molecule has 2 heterocycles. The number of sulfonamides is 1. The van der Waals surface area contributed by atoms with Crippen LogP contribution in [0.5, 0.6) is 0 Å². The average molecular weight is 484 g/mol. The van der Waals surface area contributed by atoms with E-state index in [0.29, 0.717) is 40.5 Å². The molecule has 1 fully saturated rings. The number of carbonyl (C=O) groups is 2. The highest BCUT2D eigenvalue weighted by Crippen LogP contribution is 2.24. The van der Waals surface area contributed by atoms with Crippen molar-refractivity contribution in [3.8, 4) is 0 Å². The van der Waals surface area contributed by atoms with Gasteiger partial charge >= 0.3 is 0 Å². The van der Waals surface area contributed by atoms with E-state index < -0.39 is 15.9 Å². The molecule has 9 heteroatoms. The fourth-order valence-corrected chi connectivity index (χ4v) is 5.90. The zero-order chi connectivity index (χ0) is 23.4. The number of rotatable bonds is 6. The fraction of sp³-hybridized carbons (Fsp3) is 0.250. The van der Waals surface area contributed by atoms with Gasteiger partial charge in [-0.25, -0.2) is 8.42 Å². The largest absolute Gasteiger partial charge is 0.322 e. The van der Waals surface area contributed by atoms with Crippen molar-refractivity contribution in [3.05, 3.63) is 76.0 Å². The van der Waals surface area contributed by atoms with Gasteiger partial charge in [0.15, 0.2) is 0 Å². The van der Waals surface area contributed by atoms with Crippen LogP contribution in [0.15, 0.2) is 64.9 Å². The Labute approximate surface area is 197 Å². The van der Waals surface area contributed by atoms with Crippen LogP contribution in [0.1, 0.15) is 44.9 Å². The lowest BCUT2D eigenvalue weighted by Crippen LogP contribution is -2.35. The Balaban J connectivity index is 1.52. The van der Waals surface area contributed by atoms with Gasteiger partial charge in [-0.1, -0.05) is 24.6 Å². The molecule has 1 aliphatic rings. The predicted octanol–water partition coefficient (Wildman–Crippen LogP) is 4.74. The summed E-state index contributed by atoms with van der Waals surface area (Å²) in [6.45, 7) is 2.77. The molecule has 2 amide bonds. The second-order valence-electron chi connectivity index (χ2n) is 7.91. The van der Waals surface area contributed by atoms with Crippen molar-refractivity contribution in [2.45, 2.75) is 31.1 Å². The molecule has 4 rings (SSSR count). The lowest BCUT2D eigenvalue weighted by Gasteiger charge is -2.26. The highest BCUT2D eigenvalue weighted by atomic mass is 32.2. The summed E-state index contributed by atoms with van der Waals surface area (Å²) in [6.07, 6.45) is 2.72. The maximum atomic E-state index is 13.0. The van der Waals surface area contributed by atoms with E-state index in [0.717, 1.165) is 19.3 Å². The smallest absolute Gasteiger partial charge is 0.265 e. The van der Waals surface area contributed by atoms with E-state index in [9.17, 15) is 18.0 Å². The number of nitrogens with one attached hydrogen (secondary N) is 2. The summed E-state index contributed by atoms with van der Waals surface area (Å²) in [6, 6.07) is 15.0. The molecule has 1 aliphatic heterocycles. The molecule has 0 radical (unpaired) electrons. The molecule has 3 aromatic rings. The van der Waals surface area contributed by atoms with Gasteiger partial charge in [-0.15, -0.1) is 11.3 Å². The number of nitrogens with zero attached hydrogens (tertiary/aromatic N) is 1. The molecule has 0 aliphatic carbocycles. The maximum absolute atomic E-state index is 13.0. The van der Waals surface area contributed by atoms with Crippen LogP contribution in [-0.4, -0.2) is 37.6 Å². The van der Waals surface area contributed by atoms with Crippen LogP contribution in [0.3, 0.4) is 0 Å². The van der Waals surface area contributed by atoms with Crippen molar-refractivity contribution in [2.75, 3.05) is 23.7 Å². The number of piperidine rings is 1. The van der Waals surface area contributed by atoms with Crippen molar-refractivity contribution in [1.82, 2.24) is 4.31 Å². The van der Waals surface area contributed by atoms with Crippen molar-refractivity contribution in [2.24, 2.45) is 0 Å². The molecular weight excluding hydrogens is 458 g/mol. The Morgan fingerprint density at radius 1 is 0.879 bits per heavy atom. The third kappa shape index (κ3) is 5.32. The number of amides is 2. The topological polar surface area (TPSA) is 95.6 Å². The summed E-state index contributed by atoms with van der Waals surface area (Å²) >= 11 is 1.34. The Morgan fingerprint density at radius 3 is 2.24 bits per heavy atom. The second-order valence-corrected chi connectivity index (χ2v) is 10.8. The molecule has 1 aromatic heterocycles. The lowest BCUT2D eigenvalue weighted by molar-refractivity contribution is 0.102. The monoisotopic (exact) mass is 483 g/mol. The Kier molecular flexibility index (Phi) is 6.92. The van der Waals surface area contributed by atoms with Crippen LogP contribution >= 0.6 is 11.3 Å². The van der Waals surface area contributed by atoms with E-state index in [-0.39, 0.29) is 10.8 Å². The molecule has 0 spiro atoms. The molecule has 1 saturated heterocycles. The third-order valence-electron chi connectivity index (χ3n) is 5.53. The van der Waals surface area contributed by atoms with E-state index >= 15 is 0 Å². The Morgan fingerprint density at radius 2 is 1.58 bits per heavy atom. The van der Waals surface area contributed by atoms with Crippen LogP contribution in [-0.2, 0) is 10.0 Å². The summed E-state index contributed by atoms with van der Waals surface area (Å²) in [5, 5.41) is 7.45. The number of benzene rings is 2. The van der Waals surface area contributed by atoms with E-state index in [1.54, 1.807) is 55.5 Å². The number of hydrogen-bond donors (Lipinski definition) is 2. The minimum absolute atomic E-state index is 0.122. The molecule has 0 atom stereocenters. The van der Waals surface area contributed by atoms with Gasteiger partial charge in [-0.2, -0.15) is 4.31 Å². The van der Waals surface area contributed by atoms with Gasteiger partial charge in [0.2, 0.25) is 10.0 Å². The minimum atomic E-state index is -3.64. The van der Waals surface area contributed by atoms with E-state index in [2.05, 4.69) is 10.6 Å². The third-order valence-corrected chi connectivity index (χ3v) is 8.29. The fourth-order valence-electron chi connectivity index (χ4n) is 3.73. The van der Waals surface area contributed by atoms with E-state index in [4.69, 9.17) is 0 Å². The van der Waals surface area contributed by atoms with Gasteiger partial charge in [0.1, 0.15) is 0 Å². The first kappa shape index (κ1) is 23.2. The number of carbonyl (C=O) groups excluding carboxylic acids is 2. The number of thiophene rings is 1. The number of anilines is 2. The zero-order valence-corrected chi connectivity index (χ0v) is 19.8. The Bertz CT molecular complexity index is 1260. The summed E-state index contributed by atoms with van der Waals surface area (Å²) in [5.41, 5.74) is 2.00. The van der Waals surface area contributed by atoms with Gasteiger partial charge in [-0.05, 0) is 67.1 Å². The van der Waals surface area contributed by atoms with Crippen molar-refractivity contribution < 1.29 is 18.0 Å². The molecule has 0 unspecified atom stereocenters.